The molecule has 0 heterocycles. The number of allylic oxidation sites excluding steroid dienone is 4. The molecule has 4 heteroatoms. The van der Waals surface area contributed by atoms with Crippen LogP contribution < -0.4 is 3.80 Å². The molecule has 2 rings (SSSR count). The van der Waals surface area contributed by atoms with E-state index >= 15 is 0 Å². The van der Waals surface area contributed by atoms with Gasteiger partial charge in [0.2, 0.25) is 0 Å². The average Bonchev–Trinajstić information content (AvgIpc) is 2.90. The van der Waals surface area contributed by atoms with E-state index in [2.05, 4.69) is 61.0 Å². The van der Waals surface area contributed by atoms with Gasteiger partial charge >= 0.3 is 133 Å². The molecule has 1 atom stereocenters. The maximum atomic E-state index is 3.70. The Morgan fingerprint density at radius 3 is 2.59 bits per heavy atom. The van der Waals surface area contributed by atoms with Crippen LogP contribution in [0.15, 0.2) is 42.0 Å². The summed E-state index contributed by atoms with van der Waals surface area (Å²) in [7, 11) is 0. The number of hydrogen-bond acceptors (Lipinski definition) is 1. The molecule has 1 N–H and O–H groups in total. The third-order valence-corrected chi connectivity index (χ3v) is 5.66. The molecule has 0 radical (unpaired) electrons. The molecule has 1 aliphatic rings. The minimum Gasteiger partial charge on any atom is -0.147 e. The first-order valence-corrected chi connectivity index (χ1v) is 9.35. The monoisotopic (exact) mass is 375 g/mol. The minimum absolute atomic E-state index is 0. The number of hydrogen-bond donors (Lipinski definition) is 1. The zero-order chi connectivity index (χ0) is 14.4. The summed E-state index contributed by atoms with van der Waals surface area (Å²) in [5.41, 5.74) is 5.89. The Labute approximate surface area is 157 Å². The van der Waals surface area contributed by atoms with E-state index in [-0.39, 0.29) is 44.2 Å². The Bertz CT molecular complexity index is 512. The van der Waals surface area contributed by atoms with E-state index in [0.29, 0.717) is 4.22 Å². The molecule has 22 heavy (non-hydrogen) atoms. The van der Waals surface area contributed by atoms with Crippen molar-refractivity contribution in [3.8, 4) is 0 Å². The van der Waals surface area contributed by atoms with Gasteiger partial charge in [-0.05, 0) is 0 Å². The van der Waals surface area contributed by atoms with Crippen molar-refractivity contribution in [2.24, 2.45) is 0 Å². The van der Waals surface area contributed by atoms with E-state index in [9.17, 15) is 0 Å². The van der Waals surface area contributed by atoms with Crippen LogP contribution in [0.1, 0.15) is 55.4 Å². The van der Waals surface area contributed by atoms with Crippen LogP contribution in [0.3, 0.4) is 0 Å². The van der Waals surface area contributed by atoms with Crippen LogP contribution in [0, 0.1) is 0 Å². The second-order valence-electron chi connectivity index (χ2n) is 5.56. The first-order valence-electron chi connectivity index (χ1n) is 7.67. The molecule has 0 spiro atoms. The largest absolute Gasteiger partial charge is 0.147 e. The Balaban J connectivity index is 0.00000220. The van der Waals surface area contributed by atoms with E-state index in [1.807, 2.05) is 0 Å². The molecule has 0 fully saturated rings. The van der Waals surface area contributed by atoms with Crippen LogP contribution in [0.5, 0.6) is 0 Å². The molecular formula is C18H27Cl2NTi. The molecule has 0 saturated carbocycles. The topological polar surface area (TPSA) is 12.0 Å². The second kappa shape index (κ2) is 11.5. The molecule has 1 aliphatic carbocycles. The summed E-state index contributed by atoms with van der Waals surface area (Å²) in [5.74, 6) is 0. The van der Waals surface area contributed by atoms with Gasteiger partial charge < -0.3 is 0 Å². The van der Waals surface area contributed by atoms with E-state index in [4.69, 9.17) is 0 Å². The van der Waals surface area contributed by atoms with Gasteiger partial charge in [-0.15, -0.1) is 24.8 Å². The van der Waals surface area contributed by atoms with Gasteiger partial charge in [0, 0.05) is 0 Å². The number of rotatable bonds is 7. The van der Waals surface area contributed by atoms with Gasteiger partial charge in [0.1, 0.15) is 0 Å². The summed E-state index contributed by atoms with van der Waals surface area (Å²) >= 11 is -0.108. The molecule has 0 aliphatic heterocycles. The predicted molar refractivity (Wildman–Crippen MR) is 98.6 cm³/mol. The normalized spacial score (nSPS) is 14.3. The summed E-state index contributed by atoms with van der Waals surface area (Å²) in [6, 6.07) is 8.97. The quantitative estimate of drug-likeness (QED) is 0.475. The Morgan fingerprint density at radius 1 is 1.23 bits per heavy atom. The van der Waals surface area contributed by atoms with Crippen molar-refractivity contribution >= 4 is 30.4 Å². The number of nitrogens with one attached hydrogen (secondary N) is 1. The molecule has 0 amide bonds. The minimum atomic E-state index is -0.108. The molecule has 1 aromatic carbocycles. The van der Waals surface area contributed by atoms with Crippen molar-refractivity contribution < 1.29 is 19.4 Å². The Kier molecular flexibility index (Phi) is 11.5. The fourth-order valence-corrected chi connectivity index (χ4v) is 4.20. The molecule has 1 nitrogen and oxygen atoms in total. The third-order valence-electron chi connectivity index (χ3n) is 3.79. The third kappa shape index (κ3) is 6.22. The van der Waals surface area contributed by atoms with Crippen LogP contribution in [0.4, 0.5) is 0 Å². The van der Waals surface area contributed by atoms with Gasteiger partial charge in [-0.2, -0.15) is 0 Å². The van der Waals surface area contributed by atoms with Gasteiger partial charge in [0.15, 0.2) is 0 Å². The van der Waals surface area contributed by atoms with Crippen LogP contribution >= 0.6 is 24.8 Å². The summed E-state index contributed by atoms with van der Waals surface area (Å²) < 4.78 is 4.39. The molecule has 0 saturated heterocycles. The van der Waals surface area contributed by atoms with E-state index in [1.165, 1.54) is 41.7 Å². The first-order chi connectivity index (χ1) is 9.72. The van der Waals surface area contributed by atoms with E-state index < -0.39 is 0 Å². The molecular weight excluding hydrogens is 349 g/mol. The maximum absolute atomic E-state index is 3.70. The number of unbranched alkanes of at least 4 members (excludes halogenated alkanes) is 1. The zero-order valence-corrected chi connectivity index (χ0v) is 16.9. The molecule has 1 aromatic rings. The van der Waals surface area contributed by atoms with Crippen molar-refractivity contribution in [1.29, 1.82) is 0 Å². The van der Waals surface area contributed by atoms with Gasteiger partial charge in [-0.25, -0.2) is 0 Å². The number of halogens is 2. The van der Waals surface area contributed by atoms with Crippen LogP contribution in [0.2, 0.25) is 0 Å². The smallest absolute Gasteiger partial charge is 0.147 e. The SMILES string of the molecule is CCCC[NH][Ti][CH](C)c1ccccc1C1=CC(C)=CC1.Cl.Cl. The van der Waals surface area contributed by atoms with Crippen molar-refractivity contribution in [2.45, 2.75) is 44.3 Å². The van der Waals surface area contributed by atoms with Crippen LogP contribution in [-0.2, 0) is 19.4 Å². The van der Waals surface area contributed by atoms with Gasteiger partial charge in [-0.3, -0.25) is 0 Å². The summed E-state index contributed by atoms with van der Waals surface area (Å²) in [4.78, 5) is 0. The van der Waals surface area contributed by atoms with Gasteiger partial charge in [-0.1, -0.05) is 0 Å². The van der Waals surface area contributed by atoms with Crippen molar-refractivity contribution in [2.75, 3.05) is 6.54 Å². The molecule has 1 unspecified atom stereocenters. The standard InChI is InChI=1S/C14H15.C4H10N.2ClH.Ti/c1-3-12-6-4-5-7-14(12)13-9-8-11(2)10-13;1-2-3-4-5;;;/h3-8,10H,9H2,1-2H3;5H,2-4H2,1H3;2*1H;/q;-1;;;+1. The molecule has 0 aromatic heterocycles. The fourth-order valence-electron chi connectivity index (χ4n) is 2.59. The van der Waals surface area contributed by atoms with Crippen molar-refractivity contribution in [1.82, 2.24) is 3.80 Å². The summed E-state index contributed by atoms with van der Waals surface area (Å²) in [6.45, 7) is 8.02. The van der Waals surface area contributed by atoms with Crippen molar-refractivity contribution in [3.63, 3.8) is 0 Å². The second-order valence-corrected chi connectivity index (χ2v) is 7.91. The van der Waals surface area contributed by atoms with Crippen molar-refractivity contribution in [3.05, 3.63) is 53.1 Å². The fraction of sp³-hybridized carbons (Fsp3) is 0.444. The molecule has 0 bridgehead atoms. The maximum Gasteiger partial charge on any atom is -0.147 e. The van der Waals surface area contributed by atoms with E-state index in [1.54, 1.807) is 0 Å². The summed E-state index contributed by atoms with van der Waals surface area (Å²) in [5, 5.41) is 0. The number of benzene rings is 1. The Morgan fingerprint density at radius 2 is 1.95 bits per heavy atom. The average molecular weight is 376 g/mol. The Hall–Kier alpha value is -0.0457. The molecule has 122 valence electrons. The van der Waals surface area contributed by atoms with Crippen LogP contribution in [0.25, 0.3) is 5.57 Å². The van der Waals surface area contributed by atoms with Crippen LogP contribution in [-0.4, -0.2) is 6.54 Å². The van der Waals surface area contributed by atoms with E-state index in [0.717, 1.165) is 6.42 Å². The van der Waals surface area contributed by atoms with Gasteiger partial charge in [0.25, 0.3) is 0 Å². The summed E-state index contributed by atoms with van der Waals surface area (Å²) in [6.07, 6.45) is 8.34. The first kappa shape index (κ1) is 22.0. The predicted octanol–water partition coefficient (Wildman–Crippen LogP) is 5.71. The zero-order valence-electron chi connectivity index (χ0n) is 13.7. The van der Waals surface area contributed by atoms with Gasteiger partial charge in [0.05, 0.1) is 0 Å².